The normalized spacial score (nSPS) is 13.4. The zero-order chi connectivity index (χ0) is 41.8. The van der Waals surface area contributed by atoms with Gasteiger partial charge in [0.05, 0.1) is 13.2 Å². The fourth-order valence-electron chi connectivity index (χ4n) is 6.78. The van der Waals surface area contributed by atoms with Crippen LogP contribution in [0.25, 0.3) is 0 Å². The Bertz CT molecular complexity index is 990. The van der Waals surface area contributed by atoms with Crippen molar-refractivity contribution in [2.75, 3.05) is 26.4 Å². The predicted octanol–water partition coefficient (Wildman–Crippen LogP) is 13.9. The molecule has 0 aromatic heterocycles. The van der Waals surface area contributed by atoms with E-state index in [-0.39, 0.29) is 32.6 Å². The summed E-state index contributed by atoms with van der Waals surface area (Å²) in [6.45, 7) is 3.73. The van der Waals surface area contributed by atoms with E-state index >= 15 is 0 Å². The van der Waals surface area contributed by atoms with Crippen molar-refractivity contribution in [3.05, 3.63) is 24.3 Å². The van der Waals surface area contributed by atoms with Gasteiger partial charge in [-0.25, -0.2) is 4.57 Å². The number of nitrogens with two attached hydrogens (primary N) is 1. The summed E-state index contributed by atoms with van der Waals surface area (Å²) in [5.41, 5.74) is 5.36. The van der Waals surface area contributed by atoms with Crippen LogP contribution in [0.1, 0.15) is 232 Å². The highest BCUT2D eigenvalue weighted by Gasteiger charge is 2.26. The molecule has 1 unspecified atom stereocenters. The molecule has 10 heteroatoms. The molecular weight excluding hydrogens is 737 g/mol. The Balaban J connectivity index is 4.06. The molecule has 0 aliphatic heterocycles. The second kappa shape index (κ2) is 44.1. The maximum atomic E-state index is 12.6. The van der Waals surface area contributed by atoms with Crippen LogP contribution in [0, 0.1) is 0 Å². The van der Waals surface area contributed by atoms with Gasteiger partial charge in [0.25, 0.3) is 0 Å². The zero-order valence-electron chi connectivity index (χ0n) is 37.1. The van der Waals surface area contributed by atoms with Crippen LogP contribution in [-0.2, 0) is 32.7 Å². The molecule has 336 valence electrons. The fourth-order valence-corrected chi connectivity index (χ4v) is 7.55. The Hall–Kier alpha value is -1.51. The Kier molecular flexibility index (Phi) is 42.9. The molecule has 0 aliphatic rings. The Morgan fingerprint density at radius 3 is 1.37 bits per heavy atom. The molecule has 0 rings (SSSR count). The first-order valence-electron chi connectivity index (χ1n) is 23.8. The topological polar surface area (TPSA) is 134 Å². The number of carbonyl (C=O) groups is 2. The number of phosphoric ester groups is 1. The lowest BCUT2D eigenvalue weighted by atomic mass is 10.0. The van der Waals surface area contributed by atoms with Crippen LogP contribution in [0.2, 0.25) is 0 Å². The first kappa shape index (κ1) is 55.5. The molecule has 0 fully saturated rings. The number of ether oxygens (including phenoxy) is 2. The Morgan fingerprint density at radius 1 is 0.526 bits per heavy atom. The molecule has 2 atom stereocenters. The van der Waals surface area contributed by atoms with E-state index in [1.54, 1.807) is 0 Å². The lowest BCUT2D eigenvalue weighted by Crippen LogP contribution is -2.29. The van der Waals surface area contributed by atoms with Gasteiger partial charge in [-0.1, -0.05) is 199 Å². The maximum Gasteiger partial charge on any atom is 0.472 e. The monoisotopic (exact) mass is 828 g/mol. The van der Waals surface area contributed by atoms with Crippen molar-refractivity contribution >= 4 is 19.8 Å². The van der Waals surface area contributed by atoms with Crippen molar-refractivity contribution in [1.29, 1.82) is 0 Å². The summed E-state index contributed by atoms with van der Waals surface area (Å²) in [6.07, 6.45) is 47.8. The first-order chi connectivity index (χ1) is 27.8. The molecule has 9 nitrogen and oxygen atoms in total. The maximum absolute atomic E-state index is 12.6. The van der Waals surface area contributed by atoms with Gasteiger partial charge in [0.1, 0.15) is 6.61 Å². The van der Waals surface area contributed by atoms with Crippen molar-refractivity contribution in [3.63, 3.8) is 0 Å². The number of hydrogen-bond acceptors (Lipinski definition) is 8. The second-order valence-corrected chi connectivity index (χ2v) is 17.4. The predicted molar refractivity (Wildman–Crippen MR) is 238 cm³/mol. The van der Waals surface area contributed by atoms with Gasteiger partial charge in [-0.15, -0.1) is 0 Å². The minimum absolute atomic E-state index is 0.0532. The first-order valence-corrected chi connectivity index (χ1v) is 25.3. The van der Waals surface area contributed by atoms with Crippen LogP contribution in [0.5, 0.6) is 0 Å². The molecule has 0 aromatic rings. The highest BCUT2D eigenvalue weighted by atomic mass is 31.2. The molecule has 0 aromatic carbocycles. The lowest BCUT2D eigenvalue weighted by molar-refractivity contribution is -0.161. The highest BCUT2D eigenvalue weighted by molar-refractivity contribution is 7.47. The van der Waals surface area contributed by atoms with Crippen LogP contribution in [0.3, 0.4) is 0 Å². The Labute approximate surface area is 351 Å². The number of esters is 2. The minimum Gasteiger partial charge on any atom is -0.462 e. The van der Waals surface area contributed by atoms with E-state index in [4.69, 9.17) is 24.3 Å². The zero-order valence-corrected chi connectivity index (χ0v) is 38.0. The fraction of sp³-hybridized carbons (Fsp3) is 0.872. The second-order valence-electron chi connectivity index (χ2n) is 16.0. The van der Waals surface area contributed by atoms with Gasteiger partial charge >= 0.3 is 19.8 Å². The molecule has 0 radical (unpaired) electrons. The molecule has 57 heavy (non-hydrogen) atoms. The number of unbranched alkanes of at least 4 members (excludes halogenated alkanes) is 28. The largest absolute Gasteiger partial charge is 0.472 e. The smallest absolute Gasteiger partial charge is 0.462 e. The summed E-state index contributed by atoms with van der Waals surface area (Å²) < 4.78 is 32.8. The lowest BCUT2D eigenvalue weighted by Gasteiger charge is -2.19. The van der Waals surface area contributed by atoms with Crippen LogP contribution in [0.4, 0.5) is 0 Å². The van der Waals surface area contributed by atoms with Gasteiger partial charge in [-0.05, 0) is 44.9 Å². The molecule has 0 aliphatic carbocycles. The molecule has 0 amide bonds. The van der Waals surface area contributed by atoms with E-state index in [0.717, 1.165) is 57.8 Å². The summed E-state index contributed by atoms with van der Waals surface area (Å²) in [5.74, 6) is -0.834. The van der Waals surface area contributed by atoms with Crippen molar-refractivity contribution in [1.82, 2.24) is 0 Å². The van der Waals surface area contributed by atoms with Gasteiger partial charge in [0, 0.05) is 19.4 Å². The van der Waals surface area contributed by atoms with Crippen LogP contribution >= 0.6 is 7.82 Å². The van der Waals surface area contributed by atoms with E-state index in [1.807, 2.05) is 0 Å². The van der Waals surface area contributed by atoms with Gasteiger partial charge < -0.3 is 20.1 Å². The summed E-state index contributed by atoms with van der Waals surface area (Å²) in [5, 5.41) is 0. The molecular formula is C47H90NO8P. The third-order valence-electron chi connectivity index (χ3n) is 10.3. The van der Waals surface area contributed by atoms with E-state index in [2.05, 4.69) is 38.2 Å². The SMILES string of the molecule is CCCCC/C=C/C/C=C/CCCCCCCC(=O)OC[C@H](COP(=O)(O)OCCN)OC(=O)CCCCCCCCCCCCCCCCCCCCCCC. The van der Waals surface area contributed by atoms with Gasteiger partial charge in [-0.3, -0.25) is 18.6 Å². The van der Waals surface area contributed by atoms with Crippen molar-refractivity contribution in [2.24, 2.45) is 5.73 Å². The van der Waals surface area contributed by atoms with Crippen LogP contribution < -0.4 is 5.73 Å². The molecule has 0 heterocycles. The average Bonchev–Trinajstić information content (AvgIpc) is 3.20. The average molecular weight is 828 g/mol. The quantitative estimate of drug-likeness (QED) is 0.0266. The van der Waals surface area contributed by atoms with Crippen molar-refractivity contribution < 1.29 is 37.6 Å². The molecule has 0 spiro atoms. The van der Waals surface area contributed by atoms with Crippen molar-refractivity contribution in [3.8, 4) is 0 Å². The standard InChI is InChI=1S/C47H90NO8P/c1-3-5-7-9-11-13-15-17-19-20-21-22-23-24-26-28-30-32-34-36-38-40-47(50)56-45(44-55-57(51,52)54-42-41-48)43-53-46(49)39-37-35-33-31-29-27-25-18-16-14-12-10-8-6-4-2/h12,14,18,25,45H,3-11,13,15-17,19-24,26-44,48H2,1-2H3,(H,51,52)/b14-12+,25-18+/t45-/m1/s1. The number of hydrogen-bond donors (Lipinski definition) is 2. The molecule has 3 N–H and O–H groups in total. The Morgan fingerprint density at radius 2 is 0.912 bits per heavy atom. The number of allylic oxidation sites excluding steroid dienone is 4. The number of rotatable bonds is 45. The molecule has 0 bridgehead atoms. The summed E-state index contributed by atoms with van der Waals surface area (Å²) in [4.78, 5) is 34.9. The van der Waals surface area contributed by atoms with Crippen LogP contribution in [0.15, 0.2) is 24.3 Å². The molecule has 0 saturated carbocycles. The van der Waals surface area contributed by atoms with E-state index in [1.165, 1.54) is 141 Å². The van der Waals surface area contributed by atoms with E-state index in [9.17, 15) is 19.0 Å². The number of carbonyl (C=O) groups excluding carboxylic acids is 2. The summed E-state index contributed by atoms with van der Waals surface area (Å²) in [7, 11) is -4.38. The number of phosphoric acid groups is 1. The third kappa shape index (κ3) is 43.9. The summed E-state index contributed by atoms with van der Waals surface area (Å²) in [6, 6.07) is 0. The van der Waals surface area contributed by atoms with Gasteiger partial charge in [0.2, 0.25) is 0 Å². The van der Waals surface area contributed by atoms with Gasteiger partial charge in [0.15, 0.2) is 6.10 Å². The summed E-state index contributed by atoms with van der Waals surface area (Å²) >= 11 is 0. The highest BCUT2D eigenvalue weighted by Crippen LogP contribution is 2.43. The molecule has 0 saturated heterocycles. The van der Waals surface area contributed by atoms with Gasteiger partial charge in [-0.2, -0.15) is 0 Å². The third-order valence-corrected chi connectivity index (χ3v) is 11.3. The van der Waals surface area contributed by atoms with Crippen molar-refractivity contribution in [2.45, 2.75) is 238 Å². The van der Waals surface area contributed by atoms with Crippen LogP contribution in [-0.4, -0.2) is 49.3 Å². The van der Waals surface area contributed by atoms with E-state index < -0.39 is 32.5 Å². The van der Waals surface area contributed by atoms with E-state index in [0.29, 0.717) is 6.42 Å². The minimum atomic E-state index is -4.38.